The van der Waals surface area contributed by atoms with Gasteiger partial charge in [-0.3, -0.25) is 4.79 Å². The molecule has 1 fully saturated rings. The van der Waals surface area contributed by atoms with Crippen molar-refractivity contribution in [2.24, 2.45) is 0 Å². The molecule has 1 aliphatic carbocycles. The van der Waals surface area contributed by atoms with Crippen molar-refractivity contribution < 1.29 is 40.8 Å². The quantitative estimate of drug-likeness (QED) is 0.200. The van der Waals surface area contributed by atoms with Crippen LogP contribution >= 0.6 is 11.3 Å². The third kappa shape index (κ3) is 5.15. The highest BCUT2D eigenvalue weighted by Gasteiger charge is 2.71. The predicted octanol–water partition coefficient (Wildman–Crippen LogP) is 5.20. The highest BCUT2D eigenvalue weighted by Crippen LogP contribution is 2.63. The number of benzene rings is 1. The lowest BCUT2D eigenvalue weighted by Gasteiger charge is -2.26. The van der Waals surface area contributed by atoms with E-state index in [1.54, 1.807) is 18.2 Å². The van der Waals surface area contributed by atoms with Crippen molar-refractivity contribution in [3.63, 3.8) is 0 Å². The van der Waals surface area contributed by atoms with Gasteiger partial charge in [0.15, 0.2) is 0 Å². The molecular formula is C24H23F3N2O6S2. The topological polar surface area (TPSA) is 119 Å². The van der Waals surface area contributed by atoms with E-state index in [9.17, 15) is 31.5 Å². The first-order valence-corrected chi connectivity index (χ1v) is 13.4. The number of aliphatic hydroxyl groups is 1. The first-order chi connectivity index (χ1) is 17.3. The van der Waals surface area contributed by atoms with Crippen LogP contribution in [0.15, 0.2) is 69.6 Å². The van der Waals surface area contributed by atoms with Gasteiger partial charge in [-0.15, -0.1) is 11.3 Å². The van der Waals surface area contributed by atoms with Gasteiger partial charge < -0.3 is 14.4 Å². The number of esters is 1. The average molecular weight is 557 g/mol. The summed E-state index contributed by atoms with van der Waals surface area (Å²) >= 11 is 0.709. The smallest absolute Gasteiger partial charge is 0.452 e. The minimum atomic E-state index is -4.73. The van der Waals surface area contributed by atoms with Crippen molar-refractivity contribution in [2.75, 3.05) is 6.61 Å². The molecule has 4 rings (SSSR count). The minimum Gasteiger partial charge on any atom is -0.511 e. The molecule has 0 radical (unpaired) electrons. The fourth-order valence-corrected chi connectivity index (χ4v) is 7.24. The monoisotopic (exact) mass is 556 g/mol. The summed E-state index contributed by atoms with van der Waals surface area (Å²) in [5, 5.41) is 14.0. The average Bonchev–Trinajstić information content (AvgIpc) is 3.21. The van der Waals surface area contributed by atoms with Crippen LogP contribution in [0.4, 0.5) is 13.2 Å². The molecule has 2 atom stereocenters. The normalized spacial score (nSPS) is 21.5. The van der Waals surface area contributed by atoms with E-state index in [0.29, 0.717) is 30.2 Å². The molecule has 0 amide bonds. The second-order valence-electron chi connectivity index (χ2n) is 8.72. The van der Waals surface area contributed by atoms with E-state index in [1.165, 1.54) is 19.1 Å². The SMILES string of the molecule is C=C(O)C1(NS(=O)(=O)c2ccc(-c3cc(C(F)(F)F)on3)s2)CC1(CCCOC(C)=O)c1ccccc1. The van der Waals surface area contributed by atoms with Gasteiger partial charge in [0.25, 0.3) is 10.0 Å². The Hall–Kier alpha value is -3.16. The first-order valence-electron chi connectivity index (χ1n) is 11.1. The van der Waals surface area contributed by atoms with Crippen molar-refractivity contribution in [1.82, 2.24) is 9.88 Å². The molecule has 13 heteroatoms. The lowest BCUT2D eigenvalue weighted by atomic mass is 9.86. The molecule has 2 unspecified atom stereocenters. The molecule has 1 aromatic carbocycles. The van der Waals surface area contributed by atoms with Crippen LogP contribution in [-0.2, 0) is 31.1 Å². The predicted molar refractivity (Wildman–Crippen MR) is 128 cm³/mol. The van der Waals surface area contributed by atoms with Gasteiger partial charge in [0.05, 0.1) is 17.0 Å². The van der Waals surface area contributed by atoms with Crippen molar-refractivity contribution in [3.8, 4) is 10.6 Å². The van der Waals surface area contributed by atoms with E-state index in [1.807, 2.05) is 12.1 Å². The maximum atomic E-state index is 13.4. The molecule has 0 saturated heterocycles. The van der Waals surface area contributed by atoms with E-state index < -0.39 is 38.9 Å². The zero-order valence-corrected chi connectivity index (χ0v) is 21.2. The first kappa shape index (κ1) is 26.9. The minimum absolute atomic E-state index is 0.122. The van der Waals surface area contributed by atoms with Crippen molar-refractivity contribution >= 4 is 27.3 Å². The van der Waals surface area contributed by atoms with Gasteiger partial charge in [0.1, 0.15) is 15.7 Å². The number of alkyl halides is 3. The third-order valence-electron chi connectivity index (χ3n) is 6.33. The summed E-state index contributed by atoms with van der Waals surface area (Å²) in [5.41, 5.74) is -1.69. The number of carbonyl (C=O) groups excluding carboxylic acids is 1. The van der Waals surface area contributed by atoms with Crippen LogP contribution in [0, 0.1) is 0 Å². The zero-order valence-electron chi connectivity index (χ0n) is 19.5. The largest absolute Gasteiger partial charge is 0.511 e. The third-order valence-corrected chi connectivity index (χ3v) is 9.42. The zero-order chi connectivity index (χ0) is 27.1. The number of nitrogens with zero attached hydrogens (tertiary/aromatic N) is 1. The van der Waals surface area contributed by atoms with Crippen LogP contribution in [0.2, 0.25) is 0 Å². The van der Waals surface area contributed by atoms with Gasteiger partial charge in [-0.05, 0) is 37.0 Å². The summed E-state index contributed by atoms with van der Waals surface area (Å²) in [7, 11) is -4.25. The number of rotatable bonds is 10. The van der Waals surface area contributed by atoms with Crippen LogP contribution < -0.4 is 4.72 Å². The summed E-state index contributed by atoms with van der Waals surface area (Å²) in [6, 6.07) is 12.3. The number of hydrogen-bond donors (Lipinski definition) is 2. The summed E-state index contributed by atoms with van der Waals surface area (Å²) in [5.74, 6) is -2.12. The molecule has 198 valence electrons. The van der Waals surface area contributed by atoms with Crippen molar-refractivity contribution in [2.45, 2.75) is 47.5 Å². The Bertz CT molecular complexity index is 1420. The van der Waals surface area contributed by atoms with E-state index >= 15 is 0 Å². The fourth-order valence-electron chi connectivity index (χ4n) is 4.53. The van der Waals surface area contributed by atoms with Gasteiger partial charge in [-0.1, -0.05) is 42.1 Å². The van der Waals surface area contributed by atoms with Crippen LogP contribution in [-0.4, -0.2) is 36.8 Å². The number of halogens is 3. The number of carbonyl (C=O) groups is 1. The molecule has 2 aromatic heterocycles. The number of sulfonamides is 1. The van der Waals surface area contributed by atoms with Gasteiger partial charge in [-0.2, -0.15) is 17.9 Å². The van der Waals surface area contributed by atoms with Gasteiger partial charge in [0.2, 0.25) is 5.76 Å². The Morgan fingerprint density at radius 3 is 2.57 bits per heavy atom. The van der Waals surface area contributed by atoms with Crippen molar-refractivity contribution in [1.29, 1.82) is 0 Å². The highest BCUT2D eigenvalue weighted by molar-refractivity contribution is 7.91. The number of hydrogen-bond acceptors (Lipinski definition) is 8. The second-order valence-corrected chi connectivity index (χ2v) is 11.7. The number of ether oxygens (including phenoxy) is 1. The number of aliphatic hydroxyl groups excluding tert-OH is 1. The van der Waals surface area contributed by atoms with Crippen LogP contribution in [0.25, 0.3) is 10.6 Å². The van der Waals surface area contributed by atoms with E-state index in [-0.39, 0.29) is 33.6 Å². The van der Waals surface area contributed by atoms with Crippen LogP contribution in [0.3, 0.4) is 0 Å². The molecule has 1 aliphatic rings. The fraction of sp³-hybridized carbons (Fsp3) is 0.333. The summed E-state index contributed by atoms with van der Waals surface area (Å²) in [6.45, 7) is 5.05. The maximum absolute atomic E-state index is 13.4. The number of aromatic nitrogens is 1. The van der Waals surface area contributed by atoms with Crippen LogP contribution in [0.1, 0.15) is 37.5 Å². The van der Waals surface area contributed by atoms with Crippen molar-refractivity contribution in [3.05, 3.63) is 72.2 Å². The summed E-state index contributed by atoms with van der Waals surface area (Å²) < 4.78 is 77.1. The Morgan fingerprint density at radius 2 is 1.97 bits per heavy atom. The van der Waals surface area contributed by atoms with Gasteiger partial charge in [0, 0.05) is 18.4 Å². The van der Waals surface area contributed by atoms with E-state index in [0.717, 1.165) is 5.56 Å². The number of thiophene rings is 1. The Kier molecular flexibility index (Phi) is 6.99. The molecule has 8 nitrogen and oxygen atoms in total. The molecular weight excluding hydrogens is 533 g/mol. The maximum Gasteiger partial charge on any atom is 0.452 e. The lowest BCUT2D eigenvalue weighted by Crippen LogP contribution is -2.44. The second kappa shape index (κ2) is 9.62. The van der Waals surface area contributed by atoms with E-state index in [2.05, 4.69) is 21.0 Å². The molecule has 1 saturated carbocycles. The Morgan fingerprint density at radius 1 is 1.27 bits per heavy atom. The highest BCUT2D eigenvalue weighted by atomic mass is 32.2. The molecule has 0 spiro atoms. The van der Waals surface area contributed by atoms with Crippen LogP contribution in [0.5, 0.6) is 0 Å². The molecule has 2 N–H and O–H groups in total. The van der Waals surface area contributed by atoms with Gasteiger partial charge in [-0.25, -0.2) is 8.42 Å². The molecule has 0 bridgehead atoms. The van der Waals surface area contributed by atoms with Gasteiger partial charge >= 0.3 is 12.1 Å². The molecule has 37 heavy (non-hydrogen) atoms. The number of nitrogens with one attached hydrogen (secondary N) is 1. The molecule has 3 aromatic rings. The molecule has 0 aliphatic heterocycles. The summed E-state index contributed by atoms with van der Waals surface area (Å²) in [6.07, 6.45) is -3.74. The standard InChI is InChI=1S/C24H23F3N2O6S2/c1-15(30)23(14-22(23,11-6-12-34-16(2)31)17-7-4-3-5-8-17)29-37(32,33)21-10-9-19(36-21)18-13-20(35-28-18)24(25,26)27/h3-5,7-10,13,29-30H,1,6,11-12,14H2,2H3. The lowest BCUT2D eigenvalue weighted by molar-refractivity contribution is -0.155. The Labute approximate surface area is 214 Å². The Balaban J connectivity index is 1.62. The molecule has 2 heterocycles. The summed E-state index contributed by atoms with van der Waals surface area (Å²) in [4.78, 5) is 11.3. The van der Waals surface area contributed by atoms with E-state index in [4.69, 9.17) is 4.74 Å².